The number of rotatable bonds is 9. The number of likely N-dealkylation sites (tertiary alicyclic amines) is 2. The summed E-state index contributed by atoms with van der Waals surface area (Å²) in [4.78, 5) is 58.2. The molecule has 2 fully saturated rings. The lowest BCUT2D eigenvalue weighted by atomic mass is 9.92. The number of hydrogen-bond donors (Lipinski definition) is 4. The molecule has 0 radical (unpaired) electrons. The summed E-state index contributed by atoms with van der Waals surface area (Å²) in [7, 11) is 2.94. The van der Waals surface area contributed by atoms with Gasteiger partial charge in [0.15, 0.2) is 0 Å². The summed E-state index contributed by atoms with van der Waals surface area (Å²) in [6.07, 6.45) is 3.18. The molecule has 14 heteroatoms. The molecule has 2 saturated heterocycles. The first-order chi connectivity index (χ1) is 26.6. The maximum absolute atomic E-state index is 14.0. The molecule has 2 aromatic heterocycles. The number of hydrogen-bond acceptors (Lipinski definition) is 8. The molecule has 0 saturated carbocycles. The molecule has 3 amide bonds. The number of methoxy groups -OCH3 is 2. The van der Waals surface area contributed by atoms with Gasteiger partial charge in [-0.2, -0.15) is 0 Å². The van der Waals surface area contributed by atoms with Crippen LogP contribution in [0.4, 0.5) is 9.59 Å². The summed E-state index contributed by atoms with van der Waals surface area (Å²) in [6.45, 7) is 7.29. The molecule has 3 aromatic carbocycles. The van der Waals surface area contributed by atoms with Gasteiger partial charge in [0.2, 0.25) is 5.91 Å². The number of fused-ring (bicyclic) bond motifs is 6. The highest BCUT2D eigenvalue weighted by Gasteiger charge is 2.42. The molecule has 0 bridgehead atoms. The number of ether oxygens (including phenoxy) is 3. The number of benzene rings is 3. The molecular formula is C41H47N7O7. The Morgan fingerprint density at radius 1 is 1.05 bits per heavy atom. The minimum absolute atomic E-state index is 0.0105. The third-order valence-corrected chi connectivity index (χ3v) is 11.8. The van der Waals surface area contributed by atoms with Gasteiger partial charge in [0.25, 0.3) is 0 Å². The van der Waals surface area contributed by atoms with Crippen LogP contribution in [-0.4, -0.2) is 92.4 Å². The second kappa shape index (κ2) is 14.5. The number of carbonyl (C=O) groups excluding carboxylic acids is 2. The topological polar surface area (TPSA) is 175 Å². The van der Waals surface area contributed by atoms with Crippen molar-refractivity contribution in [2.45, 2.75) is 77.2 Å². The maximum Gasteiger partial charge on any atom is 0.407 e. The van der Waals surface area contributed by atoms with Gasteiger partial charge in [0.05, 0.1) is 48.7 Å². The van der Waals surface area contributed by atoms with Crippen molar-refractivity contribution in [2.75, 3.05) is 27.4 Å². The predicted octanol–water partition coefficient (Wildman–Crippen LogP) is 7.18. The van der Waals surface area contributed by atoms with E-state index < -0.39 is 18.2 Å². The van der Waals surface area contributed by atoms with Gasteiger partial charge >= 0.3 is 12.2 Å². The average Bonchev–Trinajstić information content (AvgIpc) is 4.01. The van der Waals surface area contributed by atoms with E-state index in [1.807, 2.05) is 44.0 Å². The first kappa shape index (κ1) is 36.4. The van der Waals surface area contributed by atoms with E-state index in [0.717, 1.165) is 74.8 Å². The van der Waals surface area contributed by atoms with Crippen LogP contribution in [0.5, 0.6) is 5.75 Å². The van der Waals surface area contributed by atoms with E-state index in [1.165, 1.54) is 12.0 Å². The molecule has 55 heavy (non-hydrogen) atoms. The van der Waals surface area contributed by atoms with Gasteiger partial charge in [-0.05, 0) is 78.4 Å². The van der Waals surface area contributed by atoms with Gasteiger partial charge in [-0.1, -0.05) is 38.5 Å². The summed E-state index contributed by atoms with van der Waals surface area (Å²) in [5.74, 6) is 2.01. The van der Waals surface area contributed by atoms with E-state index in [4.69, 9.17) is 24.2 Å². The fourth-order valence-corrected chi connectivity index (χ4v) is 8.69. The minimum Gasteiger partial charge on any atom is -0.488 e. The summed E-state index contributed by atoms with van der Waals surface area (Å²) in [6, 6.07) is 13.2. The number of nitrogens with zero attached hydrogens (tertiary/aromatic N) is 4. The lowest BCUT2D eigenvalue weighted by Crippen LogP contribution is -2.53. The van der Waals surface area contributed by atoms with Crippen molar-refractivity contribution < 1.29 is 33.7 Å². The number of carbonyl (C=O) groups is 3. The third-order valence-electron chi connectivity index (χ3n) is 11.8. The van der Waals surface area contributed by atoms with Gasteiger partial charge < -0.3 is 39.5 Å². The van der Waals surface area contributed by atoms with Crippen LogP contribution in [0.25, 0.3) is 44.2 Å². The van der Waals surface area contributed by atoms with Gasteiger partial charge in [-0.25, -0.2) is 19.6 Å². The molecule has 6 atom stereocenters. The highest BCUT2D eigenvalue weighted by atomic mass is 16.5. The number of carboxylic acid groups (broad SMARTS) is 1. The average molecular weight is 750 g/mol. The van der Waals surface area contributed by atoms with Crippen molar-refractivity contribution >= 4 is 39.9 Å². The van der Waals surface area contributed by atoms with Crippen LogP contribution in [0.3, 0.4) is 0 Å². The number of amides is 3. The molecular weight excluding hydrogens is 702 g/mol. The smallest absolute Gasteiger partial charge is 0.407 e. The van der Waals surface area contributed by atoms with Crippen molar-refractivity contribution in [1.82, 2.24) is 35.1 Å². The van der Waals surface area contributed by atoms with Crippen molar-refractivity contribution in [2.24, 2.45) is 11.8 Å². The molecule has 5 heterocycles. The first-order valence-corrected chi connectivity index (χ1v) is 19.0. The summed E-state index contributed by atoms with van der Waals surface area (Å²) >= 11 is 0. The SMILES string of the molecule is CCC(C)C(NC(=O)OC)C(=O)N1[C@@H](C)CC[C@H]1c1ncc(-c2ccc3c(c2)COc2cc4c(ccc5[nH]c([C@@H]6C[C@H](COC)CN6C(=O)O)nc54)cc2-3)[nH]1. The second-order valence-corrected chi connectivity index (χ2v) is 15.2. The monoisotopic (exact) mass is 749 g/mol. The maximum atomic E-state index is 14.0. The standard InChI is InChI=1S/C41H47N7O7/c1-6-21(2)35(46-40(50)54-5)39(49)48-22(3)7-12-32(48)37-42-17-31(44-37)25-8-10-27-26(14-25)20-55-34-16-28-24(15-29(27)34)9-11-30-36(28)45-38(43-30)33-13-23(19-53-4)18-47(33)41(51)52/h8-11,14-17,21-23,32-33,35H,6-7,12-13,18-20H2,1-5H3,(H,42,44)(H,43,45)(H,46,50)(H,51,52)/t21?,22-,23-,32-,33-,35?/m0/s1. The van der Waals surface area contributed by atoms with E-state index in [0.29, 0.717) is 37.8 Å². The molecule has 3 aliphatic rings. The summed E-state index contributed by atoms with van der Waals surface area (Å²) < 4.78 is 16.5. The van der Waals surface area contributed by atoms with Crippen molar-refractivity contribution in [3.05, 3.63) is 65.9 Å². The van der Waals surface area contributed by atoms with Gasteiger partial charge in [0, 0.05) is 36.6 Å². The fourth-order valence-electron chi connectivity index (χ4n) is 8.69. The number of alkyl carbamates (subject to hydrolysis) is 1. The van der Waals surface area contributed by atoms with E-state index >= 15 is 0 Å². The van der Waals surface area contributed by atoms with Crippen molar-refractivity contribution in [3.63, 3.8) is 0 Å². The zero-order valence-corrected chi connectivity index (χ0v) is 31.7. The molecule has 288 valence electrons. The van der Waals surface area contributed by atoms with Gasteiger partial charge in [-0.3, -0.25) is 9.69 Å². The molecule has 0 spiro atoms. The Morgan fingerprint density at radius 2 is 1.89 bits per heavy atom. The quantitative estimate of drug-likeness (QED) is 0.122. The summed E-state index contributed by atoms with van der Waals surface area (Å²) in [5.41, 5.74) is 6.53. The molecule has 8 rings (SSSR count). The minimum atomic E-state index is -0.963. The van der Waals surface area contributed by atoms with Crippen LogP contribution in [-0.2, 0) is 20.9 Å². The number of imidazole rings is 2. The van der Waals surface area contributed by atoms with Crippen LogP contribution in [0.2, 0.25) is 0 Å². The normalized spacial score (nSPS) is 21.6. The fraction of sp³-hybridized carbons (Fsp3) is 0.439. The lowest BCUT2D eigenvalue weighted by Gasteiger charge is -2.33. The Bertz CT molecular complexity index is 2280. The first-order valence-electron chi connectivity index (χ1n) is 19.0. The number of aromatic nitrogens is 4. The van der Waals surface area contributed by atoms with Crippen molar-refractivity contribution in [1.29, 1.82) is 0 Å². The van der Waals surface area contributed by atoms with E-state index in [-0.39, 0.29) is 35.9 Å². The molecule has 5 aromatic rings. The molecule has 14 nitrogen and oxygen atoms in total. The lowest BCUT2D eigenvalue weighted by molar-refractivity contribution is -0.137. The Labute approximate surface area is 318 Å². The third kappa shape index (κ3) is 6.51. The van der Waals surface area contributed by atoms with Crippen LogP contribution >= 0.6 is 0 Å². The highest BCUT2D eigenvalue weighted by molar-refractivity contribution is 6.07. The Balaban J connectivity index is 1.05. The van der Waals surface area contributed by atoms with E-state index in [9.17, 15) is 19.5 Å². The van der Waals surface area contributed by atoms with Crippen LogP contribution in [0.15, 0.2) is 48.7 Å². The largest absolute Gasteiger partial charge is 0.488 e. The molecule has 0 aliphatic carbocycles. The zero-order valence-electron chi connectivity index (χ0n) is 31.7. The van der Waals surface area contributed by atoms with E-state index in [2.05, 4.69) is 45.6 Å². The highest BCUT2D eigenvalue weighted by Crippen LogP contribution is 2.44. The zero-order chi connectivity index (χ0) is 38.5. The van der Waals surface area contributed by atoms with Gasteiger partial charge in [0.1, 0.15) is 30.0 Å². The van der Waals surface area contributed by atoms with Crippen molar-refractivity contribution in [3.8, 4) is 28.1 Å². The molecule has 4 N–H and O–H groups in total. The van der Waals surface area contributed by atoms with Crippen LogP contribution in [0.1, 0.15) is 75.8 Å². The second-order valence-electron chi connectivity index (χ2n) is 15.2. The Hall–Kier alpha value is -5.63. The number of aromatic amines is 2. The van der Waals surface area contributed by atoms with Crippen LogP contribution < -0.4 is 10.1 Å². The number of H-pyrrole nitrogens is 2. The Morgan fingerprint density at radius 3 is 2.65 bits per heavy atom. The predicted molar refractivity (Wildman–Crippen MR) is 205 cm³/mol. The van der Waals surface area contributed by atoms with Crippen LogP contribution in [0, 0.1) is 11.8 Å². The summed E-state index contributed by atoms with van der Waals surface area (Å²) in [5, 5.41) is 14.6. The molecule has 3 aliphatic heterocycles. The Kier molecular flexibility index (Phi) is 9.62. The van der Waals surface area contributed by atoms with E-state index in [1.54, 1.807) is 7.11 Å². The van der Waals surface area contributed by atoms with Gasteiger partial charge in [-0.15, -0.1) is 0 Å². The number of nitrogens with one attached hydrogen (secondary N) is 3. The molecule has 2 unspecified atom stereocenters.